The Morgan fingerprint density at radius 3 is 1.18 bits per heavy atom. The zero-order chi connectivity index (χ0) is 40.7. The van der Waals surface area contributed by atoms with E-state index < -0.39 is 0 Å². The van der Waals surface area contributed by atoms with Crippen LogP contribution in [-0.2, 0) is 0 Å². The van der Waals surface area contributed by atoms with E-state index in [2.05, 4.69) is 203 Å². The minimum Gasteiger partial charge on any atom is -0.309 e. The van der Waals surface area contributed by atoms with Gasteiger partial charge in [0.1, 0.15) is 0 Å². The summed E-state index contributed by atoms with van der Waals surface area (Å²) >= 11 is 0. The number of nitrogens with zero attached hydrogens (tertiary/aromatic N) is 5. The molecule has 0 aliphatic carbocycles. The van der Waals surface area contributed by atoms with E-state index in [-0.39, 0.29) is 0 Å². The van der Waals surface area contributed by atoms with Gasteiger partial charge >= 0.3 is 0 Å². The molecule has 3 aromatic heterocycles. The second kappa shape index (κ2) is 13.6. The van der Waals surface area contributed by atoms with Crippen molar-refractivity contribution in [3.63, 3.8) is 0 Å². The molecule has 0 aliphatic rings. The highest BCUT2D eigenvalue weighted by molar-refractivity contribution is 6.25. The highest BCUT2D eigenvalue weighted by Crippen LogP contribution is 2.40. The minimum atomic E-state index is 0.569. The molecule has 3 heterocycles. The molecule has 0 fully saturated rings. The number of benzene rings is 10. The van der Waals surface area contributed by atoms with Gasteiger partial charge in [-0.15, -0.1) is 0 Å². The molecular formula is C57H35N5. The van der Waals surface area contributed by atoms with E-state index in [0.717, 1.165) is 60.8 Å². The lowest BCUT2D eigenvalue weighted by Crippen LogP contribution is -2.07. The van der Waals surface area contributed by atoms with E-state index in [0.29, 0.717) is 17.6 Å². The van der Waals surface area contributed by atoms with Crippen LogP contribution in [0.1, 0.15) is 0 Å². The summed E-state index contributed by atoms with van der Waals surface area (Å²) in [5.74, 6) is 1.77. The molecule has 13 aromatic rings. The van der Waals surface area contributed by atoms with Crippen molar-refractivity contribution in [3.05, 3.63) is 212 Å². The van der Waals surface area contributed by atoms with Crippen LogP contribution in [0.25, 0.3) is 121 Å². The first-order chi connectivity index (χ1) is 30.7. The van der Waals surface area contributed by atoms with Crippen molar-refractivity contribution in [2.45, 2.75) is 0 Å². The maximum Gasteiger partial charge on any atom is 0.238 e. The molecule has 0 spiro atoms. The Balaban J connectivity index is 1.12. The SMILES string of the molecule is c1ccc(-c2nc(-c3cc(-c4ccc5c6ccccc6c6ccccc6c5c4)cc(-n4c5ccccc5c5ccccc54)c3)nc(-n3c4ccccc4c4ccccc43)n2)cc1. The van der Waals surface area contributed by atoms with Crippen LogP contribution in [0.4, 0.5) is 0 Å². The monoisotopic (exact) mass is 789 g/mol. The topological polar surface area (TPSA) is 48.5 Å². The summed E-state index contributed by atoms with van der Waals surface area (Å²) in [7, 11) is 0. The van der Waals surface area contributed by atoms with E-state index in [9.17, 15) is 0 Å². The second-order valence-electron chi connectivity index (χ2n) is 16.0. The van der Waals surface area contributed by atoms with Gasteiger partial charge in [-0.2, -0.15) is 9.97 Å². The summed E-state index contributed by atoms with van der Waals surface area (Å²) in [6.45, 7) is 0. The standard InChI is InChI=1S/C57H35N5/c1-2-16-36(17-3-1)55-58-56(60-57(59-55)62-53-28-14-10-24-48(53)49-25-11-15-29-54(49)62)39-32-38(33-40(34-39)61-51-26-12-8-22-46(51)47-23-9-13-27-52(47)61)37-30-31-45-43-20-5-4-18-41(43)42-19-6-7-21-44(42)50(45)35-37/h1-35H. The Hall–Kier alpha value is -8.41. The molecule has 0 bridgehead atoms. The van der Waals surface area contributed by atoms with Crippen LogP contribution in [0.2, 0.25) is 0 Å². The molecule has 10 aromatic carbocycles. The third-order valence-electron chi connectivity index (χ3n) is 12.5. The minimum absolute atomic E-state index is 0.569. The van der Waals surface area contributed by atoms with Gasteiger partial charge < -0.3 is 4.57 Å². The van der Waals surface area contributed by atoms with E-state index in [4.69, 9.17) is 15.0 Å². The zero-order valence-corrected chi connectivity index (χ0v) is 33.4. The Kier molecular flexibility index (Phi) is 7.54. The third-order valence-corrected chi connectivity index (χ3v) is 12.5. The highest BCUT2D eigenvalue weighted by atomic mass is 15.2. The maximum atomic E-state index is 5.41. The lowest BCUT2D eigenvalue weighted by molar-refractivity contribution is 0.953. The van der Waals surface area contributed by atoms with Crippen LogP contribution < -0.4 is 0 Å². The molecule has 0 N–H and O–H groups in total. The van der Waals surface area contributed by atoms with Crippen molar-refractivity contribution in [3.8, 4) is 45.5 Å². The summed E-state index contributed by atoms with van der Waals surface area (Å²) in [6, 6.07) is 75.8. The first-order valence-electron chi connectivity index (χ1n) is 21.0. The molecule has 0 saturated carbocycles. The molecule has 0 unspecified atom stereocenters. The molecule has 0 saturated heterocycles. The number of aromatic nitrogens is 5. The van der Waals surface area contributed by atoms with Crippen molar-refractivity contribution in [1.29, 1.82) is 0 Å². The lowest BCUT2D eigenvalue weighted by Gasteiger charge is -2.16. The molecule has 0 radical (unpaired) electrons. The van der Waals surface area contributed by atoms with Gasteiger partial charge in [-0.25, -0.2) is 4.98 Å². The molecule has 0 amide bonds. The van der Waals surface area contributed by atoms with Gasteiger partial charge in [0.25, 0.3) is 0 Å². The van der Waals surface area contributed by atoms with Crippen LogP contribution in [0.5, 0.6) is 0 Å². The molecule has 5 nitrogen and oxygen atoms in total. The fourth-order valence-corrected chi connectivity index (χ4v) is 9.77. The first-order valence-corrected chi connectivity index (χ1v) is 21.0. The summed E-state index contributed by atoms with van der Waals surface area (Å²) < 4.78 is 4.56. The van der Waals surface area contributed by atoms with Gasteiger partial charge in [0.2, 0.25) is 5.95 Å². The fourth-order valence-electron chi connectivity index (χ4n) is 9.77. The number of para-hydroxylation sites is 4. The van der Waals surface area contributed by atoms with Crippen molar-refractivity contribution < 1.29 is 0 Å². The van der Waals surface area contributed by atoms with E-state index in [1.54, 1.807) is 0 Å². The van der Waals surface area contributed by atoms with Crippen LogP contribution >= 0.6 is 0 Å². The summed E-state index contributed by atoms with van der Waals surface area (Å²) in [4.78, 5) is 15.9. The van der Waals surface area contributed by atoms with E-state index in [1.165, 1.54) is 43.1 Å². The highest BCUT2D eigenvalue weighted by Gasteiger charge is 2.20. The molecule has 288 valence electrons. The number of rotatable bonds is 5. The number of hydrogen-bond acceptors (Lipinski definition) is 3. The smallest absolute Gasteiger partial charge is 0.238 e. The number of hydrogen-bond donors (Lipinski definition) is 0. The molecule has 5 heteroatoms. The van der Waals surface area contributed by atoms with Crippen molar-refractivity contribution in [2.75, 3.05) is 0 Å². The summed E-state index contributed by atoms with van der Waals surface area (Å²) in [5.41, 5.74) is 9.38. The van der Waals surface area contributed by atoms with Crippen molar-refractivity contribution in [1.82, 2.24) is 24.1 Å². The van der Waals surface area contributed by atoms with E-state index in [1.807, 2.05) is 18.2 Å². The molecule has 13 rings (SSSR count). The average Bonchev–Trinajstić information content (AvgIpc) is 3.87. The Morgan fingerprint density at radius 2 is 0.645 bits per heavy atom. The van der Waals surface area contributed by atoms with Gasteiger partial charge in [-0.05, 0) is 92.0 Å². The number of fused-ring (bicyclic) bond motifs is 12. The molecule has 0 atom stereocenters. The molecular weight excluding hydrogens is 755 g/mol. The largest absolute Gasteiger partial charge is 0.309 e. The average molecular weight is 790 g/mol. The predicted octanol–water partition coefficient (Wildman–Crippen LogP) is 14.5. The summed E-state index contributed by atoms with van der Waals surface area (Å²) in [5, 5.41) is 12.2. The maximum absolute atomic E-state index is 5.41. The second-order valence-corrected chi connectivity index (χ2v) is 16.0. The summed E-state index contributed by atoms with van der Waals surface area (Å²) in [6.07, 6.45) is 0. The van der Waals surface area contributed by atoms with Gasteiger partial charge in [-0.1, -0.05) is 164 Å². The zero-order valence-electron chi connectivity index (χ0n) is 33.4. The third kappa shape index (κ3) is 5.25. The Bertz CT molecular complexity index is 3790. The van der Waals surface area contributed by atoms with Crippen molar-refractivity contribution >= 4 is 75.9 Å². The lowest BCUT2D eigenvalue weighted by atomic mass is 9.91. The van der Waals surface area contributed by atoms with Crippen LogP contribution in [0, 0.1) is 0 Å². The Morgan fingerprint density at radius 1 is 0.242 bits per heavy atom. The molecule has 0 aliphatic heterocycles. The van der Waals surface area contributed by atoms with Gasteiger partial charge in [0, 0.05) is 38.4 Å². The first kappa shape index (κ1) is 34.5. The van der Waals surface area contributed by atoms with Gasteiger partial charge in [-0.3, -0.25) is 4.57 Å². The van der Waals surface area contributed by atoms with Crippen LogP contribution in [0.15, 0.2) is 212 Å². The normalized spacial score (nSPS) is 11.9. The van der Waals surface area contributed by atoms with Crippen LogP contribution in [0.3, 0.4) is 0 Å². The van der Waals surface area contributed by atoms with Gasteiger partial charge in [0.05, 0.1) is 22.1 Å². The van der Waals surface area contributed by atoms with E-state index >= 15 is 0 Å². The molecule has 62 heavy (non-hydrogen) atoms. The quantitative estimate of drug-likeness (QED) is 0.163. The van der Waals surface area contributed by atoms with Crippen LogP contribution in [-0.4, -0.2) is 24.1 Å². The van der Waals surface area contributed by atoms with Crippen molar-refractivity contribution in [2.24, 2.45) is 0 Å². The fraction of sp³-hybridized carbons (Fsp3) is 0. The predicted molar refractivity (Wildman–Crippen MR) is 257 cm³/mol. The Labute approximate surface area is 356 Å². The van der Waals surface area contributed by atoms with Gasteiger partial charge in [0.15, 0.2) is 11.6 Å².